The van der Waals surface area contributed by atoms with Gasteiger partial charge in [-0.25, -0.2) is 4.98 Å². The van der Waals surface area contributed by atoms with E-state index in [0.29, 0.717) is 17.0 Å². The van der Waals surface area contributed by atoms with Gasteiger partial charge in [-0.05, 0) is 57.7 Å². The second-order valence-electron chi connectivity index (χ2n) is 8.37. The molecule has 0 N–H and O–H groups in total. The molecule has 0 unspecified atom stereocenters. The van der Waals surface area contributed by atoms with Crippen molar-refractivity contribution in [2.75, 3.05) is 0 Å². The van der Waals surface area contributed by atoms with Crippen molar-refractivity contribution in [3.63, 3.8) is 0 Å². The summed E-state index contributed by atoms with van der Waals surface area (Å²) in [5.74, 6) is 0.563. The number of aromatic nitrogens is 2. The lowest BCUT2D eigenvalue weighted by Crippen LogP contribution is -2.41. The molecule has 8 heteroatoms. The van der Waals surface area contributed by atoms with Gasteiger partial charge in [0.2, 0.25) is 0 Å². The van der Waals surface area contributed by atoms with Crippen molar-refractivity contribution in [2.45, 2.75) is 69.8 Å². The van der Waals surface area contributed by atoms with Crippen molar-refractivity contribution in [1.29, 1.82) is 0 Å². The molecule has 1 saturated heterocycles. The summed E-state index contributed by atoms with van der Waals surface area (Å²) in [6, 6.07) is 5.51. The summed E-state index contributed by atoms with van der Waals surface area (Å²) in [5.41, 5.74) is 1.45. The summed E-state index contributed by atoms with van der Waals surface area (Å²) in [4.78, 5) is 4.14. The highest BCUT2D eigenvalue weighted by molar-refractivity contribution is 6.49. The van der Waals surface area contributed by atoms with E-state index in [1.54, 1.807) is 6.07 Å². The molecule has 26 heavy (non-hydrogen) atoms. The van der Waals surface area contributed by atoms with Gasteiger partial charge in [0.05, 0.1) is 28.6 Å². The Morgan fingerprint density at radius 1 is 1.19 bits per heavy atom. The van der Waals surface area contributed by atoms with Crippen LogP contribution < -0.4 is 0 Å². The summed E-state index contributed by atoms with van der Waals surface area (Å²) >= 11 is 0. The third-order valence-corrected chi connectivity index (χ3v) is 5.88. The van der Waals surface area contributed by atoms with Crippen LogP contribution >= 0.6 is 0 Å². The van der Waals surface area contributed by atoms with Crippen LogP contribution in [0.2, 0.25) is 5.82 Å². The van der Waals surface area contributed by atoms with Gasteiger partial charge < -0.3 is 13.9 Å². The lowest BCUT2D eigenvalue weighted by Gasteiger charge is -2.32. The largest absolute Gasteiger partial charge is 0.461 e. The van der Waals surface area contributed by atoms with Crippen molar-refractivity contribution in [2.24, 2.45) is 0 Å². The van der Waals surface area contributed by atoms with Crippen LogP contribution in [0, 0.1) is 0 Å². The van der Waals surface area contributed by atoms with Gasteiger partial charge in [0.1, 0.15) is 6.54 Å². The van der Waals surface area contributed by atoms with Crippen molar-refractivity contribution in [1.82, 2.24) is 9.55 Å². The minimum Gasteiger partial charge on any atom is -0.403 e. The maximum Gasteiger partial charge on any atom is 0.461 e. The van der Waals surface area contributed by atoms with Gasteiger partial charge in [0.25, 0.3) is 0 Å². The fraction of sp³-hybridized carbons (Fsp3) is 0.611. The highest BCUT2D eigenvalue weighted by atomic mass is 19.4. The lowest BCUT2D eigenvalue weighted by molar-refractivity contribution is -0.139. The van der Waals surface area contributed by atoms with Crippen LogP contribution in [0.4, 0.5) is 13.2 Å². The van der Waals surface area contributed by atoms with Gasteiger partial charge in [-0.2, -0.15) is 13.2 Å². The maximum atomic E-state index is 12.6. The molecule has 0 amide bonds. The molecule has 140 valence electrons. The first-order valence-electron chi connectivity index (χ1n) is 8.84. The van der Waals surface area contributed by atoms with Crippen LogP contribution in [0.1, 0.15) is 45.6 Å². The van der Waals surface area contributed by atoms with Gasteiger partial charge in [-0.15, -0.1) is 0 Å². The van der Waals surface area contributed by atoms with Gasteiger partial charge >= 0.3 is 13.3 Å². The van der Waals surface area contributed by atoms with Gasteiger partial charge in [-0.1, -0.05) is 6.07 Å². The molecule has 1 aromatic heterocycles. The van der Waals surface area contributed by atoms with Crippen LogP contribution in [0.15, 0.2) is 24.5 Å². The molecule has 2 fully saturated rings. The van der Waals surface area contributed by atoms with E-state index >= 15 is 0 Å². The minimum absolute atomic E-state index is 0.247. The summed E-state index contributed by atoms with van der Waals surface area (Å²) in [6.45, 7) is 7.10. The molecule has 2 heterocycles. The van der Waals surface area contributed by atoms with Crippen molar-refractivity contribution < 1.29 is 22.5 Å². The smallest absolute Gasteiger partial charge is 0.403 e. The Morgan fingerprint density at radius 2 is 1.85 bits per heavy atom. The van der Waals surface area contributed by atoms with Crippen LogP contribution in [-0.2, 0) is 15.9 Å². The standard InChI is InChI=1S/C18H22BF3N2O2/c1-16(2)17(3,4)26-19(25-16)13-8-12(13)11-5-6-15-14(7-11)23-10-24(15)9-18(20,21)22/h5-7,10,12-13H,8-9H2,1-4H3/t12-,13+/m1/s1. The number of hydrogen-bond acceptors (Lipinski definition) is 3. The van der Waals surface area contributed by atoms with E-state index in [1.165, 1.54) is 6.33 Å². The second kappa shape index (κ2) is 5.49. The first-order chi connectivity index (χ1) is 12.0. The molecule has 1 aliphatic carbocycles. The third kappa shape index (κ3) is 3.03. The average molecular weight is 366 g/mol. The number of fused-ring (bicyclic) bond motifs is 1. The van der Waals surface area contributed by atoms with Gasteiger partial charge in [-0.3, -0.25) is 0 Å². The molecular weight excluding hydrogens is 344 g/mol. The Bertz CT molecular complexity index is 831. The fourth-order valence-electron chi connectivity index (χ4n) is 3.59. The zero-order valence-corrected chi connectivity index (χ0v) is 15.3. The summed E-state index contributed by atoms with van der Waals surface area (Å²) in [5, 5.41) is 0. The molecule has 1 aromatic carbocycles. The first-order valence-corrected chi connectivity index (χ1v) is 8.84. The Hall–Kier alpha value is -1.54. The van der Waals surface area contributed by atoms with E-state index in [9.17, 15) is 13.2 Å². The molecule has 1 saturated carbocycles. The Morgan fingerprint density at radius 3 is 2.46 bits per heavy atom. The van der Waals surface area contributed by atoms with E-state index in [0.717, 1.165) is 16.6 Å². The molecule has 4 rings (SSSR count). The van der Waals surface area contributed by atoms with Crippen molar-refractivity contribution in [3.05, 3.63) is 30.1 Å². The highest BCUT2D eigenvalue weighted by Gasteiger charge is 2.59. The summed E-state index contributed by atoms with van der Waals surface area (Å²) in [6.07, 6.45) is -2.06. The van der Waals surface area contributed by atoms with Crippen LogP contribution in [0.3, 0.4) is 0 Å². The van der Waals surface area contributed by atoms with Gasteiger partial charge in [0.15, 0.2) is 0 Å². The normalized spacial score (nSPS) is 27.3. The second-order valence-corrected chi connectivity index (χ2v) is 8.37. The third-order valence-electron chi connectivity index (χ3n) is 5.88. The average Bonchev–Trinajstić information content (AvgIpc) is 3.16. The number of imidazole rings is 1. The summed E-state index contributed by atoms with van der Waals surface area (Å²) in [7, 11) is -0.247. The topological polar surface area (TPSA) is 36.3 Å². The number of benzene rings is 1. The number of rotatable bonds is 3. The molecule has 1 aliphatic heterocycles. The number of nitrogens with zero attached hydrogens (tertiary/aromatic N) is 2. The molecule has 2 aromatic rings. The Labute approximate surface area is 150 Å². The lowest BCUT2D eigenvalue weighted by atomic mass is 9.79. The van der Waals surface area contributed by atoms with Crippen LogP contribution in [0.25, 0.3) is 11.0 Å². The zero-order chi connectivity index (χ0) is 18.9. The van der Waals surface area contributed by atoms with Crippen LogP contribution in [0.5, 0.6) is 0 Å². The number of hydrogen-bond donors (Lipinski definition) is 0. The Kier molecular flexibility index (Phi) is 3.77. The van der Waals surface area contributed by atoms with E-state index in [4.69, 9.17) is 9.31 Å². The molecule has 0 radical (unpaired) electrons. The first kappa shape index (κ1) is 17.9. The molecule has 0 spiro atoms. The molecular formula is C18H22BF3N2O2. The minimum atomic E-state index is -4.26. The summed E-state index contributed by atoms with van der Waals surface area (Å²) < 4.78 is 51.3. The van der Waals surface area contributed by atoms with E-state index in [2.05, 4.69) is 4.98 Å². The quantitative estimate of drug-likeness (QED) is 0.748. The van der Waals surface area contributed by atoms with Crippen LogP contribution in [-0.4, -0.2) is 34.0 Å². The predicted octanol–water partition coefficient (Wildman–Crippen LogP) is 4.55. The molecule has 4 nitrogen and oxygen atoms in total. The number of halogens is 3. The van der Waals surface area contributed by atoms with Crippen molar-refractivity contribution >= 4 is 18.2 Å². The monoisotopic (exact) mass is 366 g/mol. The molecule has 2 aliphatic rings. The van der Waals surface area contributed by atoms with Crippen molar-refractivity contribution in [3.8, 4) is 0 Å². The predicted molar refractivity (Wildman–Crippen MR) is 93.0 cm³/mol. The zero-order valence-electron chi connectivity index (χ0n) is 15.3. The maximum absolute atomic E-state index is 12.6. The van der Waals surface area contributed by atoms with E-state index in [-0.39, 0.29) is 24.1 Å². The molecule has 0 bridgehead atoms. The molecule has 2 atom stereocenters. The Balaban J connectivity index is 1.51. The SMILES string of the molecule is CC1(C)OB([C@H]2C[C@@H]2c2ccc3c(c2)ncn3CC(F)(F)F)OC1(C)C. The number of alkyl halides is 3. The highest BCUT2D eigenvalue weighted by Crippen LogP contribution is 2.58. The van der Waals surface area contributed by atoms with E-state index in [1.807, 2.05) is 39.8 Å². The van der Waals surface area contributed by atoms with Gasteiger partial charge in [0, 0.05) is 5.82 Å². The van der Waals surface area contributed by atoms with E-state index < -0.39 is 12.7 Å². The fourth-order valence-corrected chi connectivity index (χ4v) is 3.59.